The van der Waals surface area contributed by atoms with Crippen molar-refractivity contribution in [2.75, 3.05) is 43.9 Å². The highest BCUT2D eigenvalue weighted by atomic mass is 19.1. The molecule has 220 valence electrons. The van der Waals surface area contributed by atoms with Crippen LogP contribution in [0.15, 0.2) is 24.8 Å². The van der Waals surface area contributed by atoms with Gasteiger partial charge in [0.2, 0.25) is 12.5 Å². The van der Waals surface area contributed by atoms with Crippen molar-refractivity contribution in [1.82, 2.24) is 14.9 Å². The summed E-state index contributed by atoms with van der Waals surface area (Å²) >= 11 is 0. The Balaban J connectivity index is 0.000000568. The average molecular weight is 556 g/mol. The predicted molar refractivity (Wildman–Crippen MR) is 161 cm³/mol. The number of benzene rings is 1. The molecule has 1 fully saturated rings. The zero-order chi connectivity index (χ0) is 30.2. The van der Waals surface area contributed by atoms with E-state index in [1.54, 1.807) is 0 Å². The Labute approximate surface area is 239 Å². The molecule has 0 saturated carbocycles. The zero-order valence-electron chi connectivity index (χ0n) is 25.0. The third-order valence-corrected chi connectivity index (χ3v) is 6.72. The Hall–Kier alpha value is -3.71. The molecule has 2 aliphatic rings. The smallest absolute Gasteiger partial charge is 0.318 e. The lowest BCUT2D eigenvalue weighted by atomic mass is 10.0. The van der Waals surface area contributed by atoms with Gasteiger partial charge in [-0.05, 0) is 76.0 Å². The number of amides is 1. The van der Waals surface area contributed by atoms with Crippen LogP contribution in [0.1, 0.15) is 62.4 Å². The normalized spacial score (nSPS) is 15.6. The fourth-order valence-corrected chi connectivity index (χ4v) is 4.29. The first kappa shape index (κ1) is 34.3. The molecule has 0 unspecified atom stereocenters. The zero-order valence-corrected chi connectivity index (χ0v) is 25.0. The van der Waals surface area contributed by atoms with Crippen molar-refractivity contribution >= 4 is 17.4 Å². The average Bonchev–Trinajstić information content (AvgIpc) is 3.37. The maximum absolute atomic E-state index is 13.8. The van der Waals surface area contributed by atoms with E-state index in [2.05, 4.69) is 44.0 Å². The number of carbonyl (C=O) groups is 1. The maximum atomic E-state index is 13.8. The summed E-state index contributed by atoms with van der Waals surface area (Å²) in [6.45, 7) is 22.9. The number of carbonyl (C=O) groups excluding carboxylic acids is 1. The summed E-state index contributed by atoms with van der Waals surface area (Å²) in [4.78, 5) is 26.1. The molecule has 1 amide bonds. The number of likely N-dealkylation sites (tertiary alicyclic amines) is 1. The molecule has 0 radical (unpaired) electrons. The molecule has 0 aliphatic carbocycles. The van der Waals surface area contributed by atoms with Gasteiger partial charge < -0.3 is 30.8 Å². The lowest BCUT2D eigenvalue weighted by Gasteiger charge is -2.32. The number of nitrogens with zero attached hydrogens (tertiary/aromatic N) is 5. The molecule has 10 heteroatoms. The van der Waals surface area contributed by atoms with Crippen molar-refractivity contribution < 1.29 is 13.9 Å². The van der Waals surface area contributed by atoms with Gasteiger partial charge >= 0.3 is 6.01 Å². The highest BCUT2D eigenvalue weighted by molar-refractivity contribution is 5.85. The van der Waals surface area contributed by atoms with E-state index >= 15 is 0 Å². The molecule has 1 saturated heterocycles. The van der Waals surface area contributed by atoms with E-state index in [1.807, 2.05) is 40.7 Å². The molecule has 2 aliphatic heterocycles. The van der Waals surface area contributed by atoms with E-state index in [1.165, 1.54) is 12.5 Å². The summed E-state index contributed by atoms with van der Waals surface area (Å²) in [6, 6.07) is 4.14. The lowest BCUT2D eigenvalue weighted by Crippen LogP contribution is -2.33. The van der Waals surface area contributed by atoms with Crippen molar-refractivity contribution in [3.05, 3.63) is 64.4 Å². The molecular formula is C30H46FN7O2. The third kappa shape index (κ3) is 10.1. The summed E-state index contributed by atoms with van der Waals surface area (Å²) in [7, 11) is 2.12. The van der Waals surface area contributed by atoms with E-state index < -0.39 is 5.91 Å². The van der Waals surface area contributed by atoms with Crippen LogP contribution in [0, 0.1) is 26.2 Å². The van der Waals surface area contributed by atoms with Crippen molar-refractivity contribution in [1.29, 1.82) is 0 Å². The van der Waals surface area contributed by atoms with Crippen LogP contribution in [0.5, 0.6) is 6.01 Å². The van der Waals surface area contributed by atoms with Gasteiger partial charge in [-0.3, -0.25) is 4.79 Å². The third-order valence-electron chi connectivity index (χ3n) is 6.72. The van der Waals surface area contributed by atoms with Crippen molar-refractivity contribution in [3.8, 4) is 6.01 Å². The maximum Gasteiger partial charge on any atom is 0.318 e. The van der Waals surface area contributed by atoms with Crippen LogP contribution in [0.4, 0.5) is 15.9 Å². The van der Waals surface area contributed by atoms with E-state index in [-0.39, 0.29) is 5.82 Å². The minimum absolute atomic E-state index is 0.169. The van der Waals surface area contributed by atoms with Gasteiger partial charge in [0.05, 0.1) is 12.2 Å². The van der Waals surface area contributed by atoms with Gasteiger partial charge in [-0.25, -0.2) is 11.0 Å². The van der Waals surface area contributed by atoms with E-state index in [4.69, 9.17) is 17.0 Å². The molecule has 4 N–H and O–H groups in total. The second-order valence-electron chi connectivity index (χ2n) is 9.38. The number of hydrogen-bond donors (Lipinski definition) is 2. The number of likely N-dealkylation sites (N-methyl/N-ethyl adjacent to an activating group) is 1. The first-order valence-electron chi connectivity index (χ1n) is 13.9. The number of nitrogen functional groups attached to an aromatic ring is 1. The summed E-state index contributed by atoms with van der Waals surface area (Å²) in [5.41, 5.74) is 15.3. The first-order valence-corrected chi connectivity index (χ1v) is 13.9. The van der Waals surface area contributed by atoms with Gasteiger partial charge in [-0.15, -0.1) is 0 Å². The fourth-order valence-electron chi connectivity index (χ4n) is 4.29. The Kier molecular flexibility index (Phi) is 15.3. The second-order valence-corrected chi connectivity index (χ2v) is 9.38. The number of nitrogens with two attached hydrogens (primary N) is 2. The molecule has 3 heterocycles. The van der Waals surface area contributed by atoms with Crippen molar-refractivity contribution in [2.24, 2.45) is 5.73 Å². The number of primary amides is 1. The number of rotatable bonds is 6. The number of ether oxygens (including phenoxy) is 1. The quantitative estimate of drug-likeness (QED) is 0.387. The molecule has 1 aromatic carbocycles. The van der Waals surface area contributed by atoms with Crippen LogP contribution < -0.4 is 21.1 Å². The SMILES string of the molecule is C=CC(N)=O.CC.Cc1c(F)ccc(N2CCc3c(N)nc(OC[C@@H]4CCCN4C)nc3C2)c1C.[C-]#[N+]CCC. The van der Waals surface area contributed by atoms with Crippen LogP contribution >= 0.6 is 0 Å². The Morgan fingerprint density at radius 2 is 1.95 bits per heavy atom. The fraction of sp³-hybridized carbons (Fsp3) is 0.533. The number of fused-ring (bicyclic) bond motifs is 1. The first-order chi connectivity index (χ1) is 19.1. The highest BCUT2D eigenvalue weighted by Gasteiger charge is 2.25. The van der Waals surface area contributed by atoms with Gasteiger partial charge in [-0.2, -0.15) is 9.97 Å². The van der Waals surface area contributed by atoms with Crippen LogP contribution in [-0.4, -0.2) is 60.1 Å². The largest absolute Gasteiger partial charge is 0.462 e. The van der Waals surface area contributed by atoms with Gasteiger partial charge in [0.1, 0.15) is 18.2 Å². The molecule has 1 atom stereocenters. The summed E-state index contributed by atoms with van der Waals surface area (Å²) in [5.74, 6) is -0.144. The van der Waals surface area contributed by atoms with E-state index in [9.17, 15) is 9.18 Å². The molecular weight excluding hydrogens is 509 g/mol. The lowest BCUT2D eigenvalue weighted by molar-refractivity contribution is -0.113. The van der Waals surface area contributed by atoms with Crippen molar-refractivity contribution in [2.45, 2.75) is 72.9 Å². The standard InChI is InChI=1S/C21H28FN5O.C4H7N.C3H5NO.C2H6/c1-13-14(2)19(7-6-17(13)22)27-10-8-16-18(11-27)24-21(25-20(16)23)28-12-15-5-4-9-26(15)3;1-3-4-5-2;1-2-3(4)5;1-2/h6-7,15H,4-5,8-12H2,1-3H3,(H2,23,24,25);3-4H2,1H3;2H,1H2,(H2,4,5);1-2H3/t15-;;;/m0.../s1. The number of hydrogen-bond acceptors (Lipinski definition) is 7. The number of halogens is 1. The Morgan fingerprint density at radius 3 is 2.48 bits per heavy atom. The van der Waals surface area contributed by atoms with Crippen LogP contribution in [0.2, 0.25) is 0 Å². The van der Waals surface area contributed by atoms with E-state index in [0.717, 1.165) is 60.9 Å². The Bertz CT molecular complexity index is 1150. The molecule has 40 heavy (non-hydrogen) atoms. The Morgan fingerprint density at radius 1 is 1.27 bits per heavy atom. The second kappa shape index (κ2) is 17.8. The summed E-state index contributed by atoms with van der Waals surface area (Å²) in [5, 5.41) is 0. The molecule has 2 aromatic rings. The molecule has 4 rings (SSSR count). The summed E-state index contributed by atoms with van der Waals surface area (Å²) < 4.78 is 19.7. The van der Waals surface area contributed by atoms with Crippen LogP contribution in [0.25, 0.3) is 4.85 Å². The van der Waals surface area contributed by atoms with E-state index in [0.29, 0.717) is 43.1 Å². The molecule has 1 aromatic heterocycles. The molecule has 9 nitrogen and oxygen atoms in total. The van der Waals surface area contributed by atoms with Gasteiger partial charge in [0.15, 0.2) is 0 Å². The molecule has 0 bridgehead atoms. The number of anilines is 2. The highest BCUT2D eigenvalue weighted by Crippen LogP contribution is 2.31. The number of aromatic nitrogens is 2. The topological polar surface area (TPSA) is 115 Å². The molecule has 0 spiro atoms. The predicted octanol–water partition coefficient (Wildman–Crippen LogP) is 4.85. The van der Waals surface area contributed by atoms with Crippen molar-refractivity contribution in [3.63, 3.8) is 0 Å². The van der Waals surface area contributed by atoms with Gasteiger partial charge in [0.25, 0.3) is 0 Å². The van der Waals surface area contributed by atoms with Gasteiger partial charge in [0, 0.05) is 30.3 Å². The summed E-state index contributed by atoms with van der Waals surface area (Å²) in [6.07, 6.45) is 5.14. The van der Waals surface area contributed by atoms with Crippen LogP contribution in [0.3, 0.4) is 0 Å². The van der Waals surface area contributed by atoms with Crippen LogP contribution in [-0.2, 0) is 17.8 Å². The van der Waals surface area contributed by atoms with Gasteiger partial charge in [-0.1, -0.05) is 27.4 Å². The minimum Gasteiger partial charge on any atom is -0.462 e. The minimum atomic E-state index is -0.481. The monoisotopic (exact) mass is 555 g/mol.